The van der Waals surface area contributed by atoms with Gasteiger partial charge in [0.05, 0.1) is 15.4 Å². The van der Waals surface area contributed by atoms with Gasteiger partial charge >= 0.3 is 0 Å². The molecule has 0 aliphatic heterocycles. The number of halogens is 2. The van der Waals surface area contributed by atoms with Crippen molar-refractivity contribution in [1.29, 1.82) is 0 Å². The van der Waals surface area contributed by atoms with Gasteiger partial charge in [-0.3, -0.25) is 0 Å². The van der Waals surface area contributed by atoms with E-state index in [0.29, 0.717) is 15.2 Å². The van der Waals surface area contributed by atoms with Crippen molar-refractivity contribution in [2.45, 2.75) is 20.0 Å². The lowest BCUT2D eigenvalue weighted by Gasteiger charge is -2.05. The Morgan fingerprint density at radius 3 is 2.70 bits per heavy atom. The maximum Gasteiger partial charge on any atom is 0.143 e. The number of nitrogens with zero attached hydrogens (tertiary/aromatic N) is 2. The molecule has 0 bridgehead atoms. The van der Waals surface area contributed by atoms with Crippen molar-refractivity contribution >= 4 is 45.6 Å². The molecule has 104 valence electrons. The zero-order valence-corrected chi connectivity index (χ0v) is 13.2. The molecular formula is C14H13Cl2N3S. The summed E-state index contributed by atoms with van der Waals surface area (Å²) in [6.07, 6.45) is 0. The Morgan fingerprint density at radius 2 is 2.10 bits per heavy atom. The Hall–Kier alpha value is -1.07. The van der Waals surface area contributed by atoms with Crippen molar-refractivity contribution in [3.63, 3.8) is 0 Å². The third kappa shape index (κ3) is 2.23. The van der Waals surface area contributed by atoms with Crippen molar-refractivity contribution in [2.75, 3.05) is 0 Å². The van der Waals surface area contributed by atoms with Crippen LogP contribution in [0.4, 0.5) is 0 Å². The minimum atomic E-state index is 0.509. The van der Waals surface area contributed by atoms with E-state index in [4.69, 9.17) is 33.9 Å². The highest BCUT2D eigenvalue weighted by molar-refractivity contribution is 7.20. The summed E-state index contributed by atoms with van der Waals surface area (Å²) in [5, 5.41) is 0. The predicted molar refractivity (Wildman–Crippen MR) is 86.6 cm³/mol. The van der Waals surface area contributed by atoms with Gasteiger partial charge in [0, 0.05) is 18.7 Å². The van der Waals surface area contributed by atoms with Gasteiger partial charge in [-0.1, -0.05) is 29.3 Å². The van der Waals surface area contributed by atoms with Crippen LogP contribution >= 0.6 is 34.5 Å². The Kier molecular flexibility index (Phi) is 3.73. The van der Waals surface area contributed by atoms with E-state index in [1.165, 1.54) is 11.3 Å². The van der Waals surface area contributed by atoms with E-state index in [1.54, 1.807) is 0 Å². The number of hydrogen-bond acceptors (Lipinski definition) is 3. The molecule has 2 N–H and O–H groups in total. The fourth-order valence-electron chi connectivity index (χ4n) is 2.32. The summed E-state index contributed by atoms with van der Waals surface area (Å²) in [6, 6.07) is 7.97. The Labute approximate surface area is 130 Å². The number of benzene rings is 1. The first kappa shape index (κ1) is 13.9. The van der Waals surface area contributed by atoms with E-state index in [1.807, 2.05) is 18.2 Å². The quantitative estimate of drug-likeness (QED) is 0.767. The largest absolute Gasteiger partial charge is 0.326 e. The predicted octanol–water partition coefficient (Wildman–Crippen LogP) is 4.55. The Bertz CT molecular complexity index is 776. The van der Waals surface area contributed by atoms with Gasteiger partial charge in [0.2, 0.25) is 0 Å². The van der Waals surface area contributed by atoms with E-state index in [2.05, 4.69) is 17.6 Å². The highest BCUT2D eigenvalue weighted by atomic mass is 35.5. The summed E-state index contributed by atoms with van der Waals surface area (Å²) in [4.78, 5) is 4.71. The summed E-state index contributed by atoms with van der Waals surface area (Å²) in [5.74, 6) is 0.852. The third-order valence-corrected chi connectivity index (χ3v) is 4.75. The monoisotopic (exact) mass is 325 g/mol. The zero-order valence-electron chi connectivity index (χ0n) is 10.9. The van der Waals surface area contributed by atoms with Crippen LogP contribution in [-0.2, 0) is 13.1 Å². The highest BCUT2D eigenvalue weighted by Gasteiger charge is 2.16. The SMILES string of the molecule is CCn1c(-c2cc(Cl)sc2Cl)nc2cc(CN)ccc21. The van der Waals surface area contributed by atoms with Crippen molar-refractivity contribution in [2.24, 2.45) is 5.73 Å². The first-order valence-electron chi connectivity index (χ1n) is 6.28. The number of thiophene rings is 1. The lowest BCUT2D eigenvalue weighted by molar-refractivity contribution is 0.796. The molecule has 3 nitrogen and oxygen atoms in total. The highest BCUT2D eigenvalue weighted by Crippen LogP contribution is 2.38. The number of rotatable bonds is 3. The zero-order chi connectivity index (χ0) is 14.3. The number of aromatic nitrogens is 2. The molecule has 0 aliphatic rings. The van der Waals surface area contributed by atoms with E-state index in [-0.39, 0.29) is 0 Å². The van der Waals surface area contributed by atoms with Crippen LogP contribution in [0.1, 0.15) is 12.5 Å². The number of fused-ring (bicyclic) bond motifs is 1. The van der Waals surface area contributed by atoms with Gasteiger partial charge in [-0.25, -0.2) is 4.98 Å². The van der Waals surface area contributed by atoms with Gasteiger partial charge in [0.15, 0.2) is 0 Å². The Balaban J connectivity index is 2.27. The molecule has 3 aromatic rings. The summed E-state index contributed by atoms with van der Waals surface area (Å²) >= 11 is 13.7. The average molecular weight is 326 g/mol. The topological polar surface area (TPSA) is 43.8 Å². The second kappa shape index (κ2) is 5.37. The lowest BCUT2D eigenvalue weighted by atomic mass is 10.2. The summed E-state index contributed by atoms with van der Waals surface area (Å²) < 4.78 is 3.47. The molecule has 0 atom stereocenters. The molecule has 0 aliphatic carbocycles. The van der Waals surface area contributed by atoms with Crippen LogP contribution in [-0.4, -0.2) is 9.55 Å². The van der Waals surface area contributed by atoms with Gasteiger partial charge in [-0.2, -0.15) is 0 Å². The van der Waals surface area contributed by atoms with Crippen LogP contribution in [0, 0.1) is 0 Å². The molecule has 0 fully saturated rings. The first-order chi connectivity index (χ1) is 9.63. The first-order valence-corrected chi connectivity index (χ1v) is 7.85. The fraction of sp³-hybridized carbons (Fsp3) is 0.214. The molecule has 6 heteroatoms. The van der Waals surface area contributed by atoms with Crippen LogP contribution in [0.5, 0.6) is 0 Å². The normalized spacial score (nSPS) is 11.4. The van der Waals surface area contributed by atoms with Crippen LogP contribution in [0.25, 0.3) is 22.4 Å². The standard InChI is InChI=1S/C14H13Cl2N3S/c1-2-19-11-4-3-8(7-17)5-10(11)18-14(19)9-6-12(15)20-13(9)16/h3-6H,2,7,17H2,1H3. The van der Waals surface area contributed by atoms with Gasteiger partial charge in [-0.15, -0.1) is 11.3 Å². The Morgan fingerprint density at radius 1 is 1.30 bits per heavy atom. The van der Waals surface area contributed by atoms with E-state index >= 15 is 0 Å². The third-order valence-electron chi connectivity index (χ3n) is 3.26. The molecule has 1 aromatic carbocycles. The molecule has 0 amide bonds. The van der Waals surface area contributed by atoms with Crippen LogP contribution in [0.2, 0.25) is 8.67 Å². The molecule has 2 aromatic heterocycles. The van der Waals surface area contributed by atoms with Gasteiger partial charge in [0.25, 0.3) is 0 Å². The molecule has 2 heterocycles. The van der Waals surface area contributed by atoms with Crippen LogP contribution in [0.3, 0.4) is 0 Å². The molecule has 0 unspecified atom stereocenters. The molecule has 3 rings (SSSR count). The van der Waals surface area contributed by atoms with Crippen molar-refractivity contribution in [3.8, 4) is 11.4 Å². The lowest BCUT2D eigenvalue weighted by Crippen LogP contribution is -1.98. The van der Waals surface area contributed by atoms with Gasteiger partial charge in [0.1, 0.15) is 10.2 Å². The number of nitrogens with two attached hydrogens (primary N) is 1. The molecule has 0 saturated heterocycles. The van der Waals surface area contributed by atoms with Crippen molar-refractivity contribution in [3.05, 3.63) is 38.5 Å². The number of aryl methyl sites for hydroxylation is 1. The molecule has 20 heavy (non-hydrogen) atoms. The fourth-order valence-corrected chi connectivity index (χ4v) is 3.78. The maximum atomic E-state index is 6.26. The summed E-state index contributed by atoms with van der Waals surface area (Å²) in [7, 11) is 0. The molecule has 0 saturated carbocycles. The van der Waals surface area contributed by atoms with E-state index in [0.717, 1.165) is 34.5 Å². The number of imidazole rings is 1. The smallest absolute Gasteiger partial charge is 0.143 e. The maximum absolute atomic E-state index is 6.26. The minimum absolute atomic E-state index is 0.509. The molecule has 0 radical (unpaired) electrons. The van der Waals surface area contributed by atoms with E-state index < -0.39 is 0 Å². The van der Waals surface area contributed by atoms with Crippen molar-refractivity contribution < 1.29 is 0 Å². The number of hydrogen-bond donors (Lipinski definition) is 1. The molecular weight excluding hydrogens is 313 g/mol. The average Bonchev–Trinajstić information content (AvgIpc) is 2.96. The van der Waals surface area contributed by atoms with Gasteiger partial charge in [-0.05, 0) is 30.7 Å². The van der Waals surface area contributed by atoms with E-state index in [9.17, 15) is 0 Å². The van der Waals surface area contributed by atoms with Crippen molar-refractivity contribution in [1.82, 2.24) is 9.55 Å². The van der Waals surface area contributed by atoms with Crippen LogP contribution in [0.15, 0.2) is 24.3 Å². The molecule has 0 spiro atoms. The second-order valence-corrected chi connectivity index (χ2v) is 6.73. The second-order valence-electron chi connectivity index (χ2n) is 4.44. The van der Waals surface area contributed by atoms with Gasteiger partial charge < -0.3 is 10.3 Å². The van der Waals surface area contributed by atoms with Crippen LogP contribution < -0.4 is 5.73 Å². The summed E-state index contributed by atoms with van der Waals surface area (Å²) in [5.41, 5.74) is 9.65. The minimum Gasteiger partial charge on any atom is -0.326 e. The summed E-state index contributed by atoms with van der Waals surface area (Å²) in [6.45, 7) is 3.41.